The number of nitrogens with one attached hydrogen (secondary N) is 2. The number of rotatable bonds is 5. The van der Waals surface area contributed by atoms with E-state index in [0.29, 0.717) is 0 Å². The number of amides is 2. The Morgan fingerprint density at radius 2 is 1.65 bits per heavy atom. The molecule has 40 heavy (non-hydrogen) atoms. The summed E-state index contributed by atoms with van der Waals surface area (Å²) in [6, 6.07) is 11.7. The van der Waals surface area contributed by atoms with Crippen LogP contribution in [0, 0.1) is 0 Å². The largest absolute Gasteiger partial charge is 0.339 e. The van der Waals surface area contributed by atoms with Crippen molar-refractivity contribution in [2.75, 3.05) is 57.5 Å². The Morgan fingerprint density at radius 3 is 2.35 bits per heavy atom. The van der Waals surface area contributed by atoms with E-state index in [0.717, 1.165) is 82.5 Å². The van der Waals surface area contributed by atoms with Gasteiger partial charge < -0.3 is 25.0 Å². The summed E-state index contributed by atoms with van der Waals surface area (Å²) in [6.07, 6.45) is 7.57. The fourth-order valence-electron chi connectivity index (χ4n) is 4.89. The molecular formula is C29H32N10O. The van der Waals surface area contributed by atoms with Gasteiger partial charge in [0.2, 0.25) is 5.95 Å². The van der Waals surface area contributed by atoms with Crippen LogP contribution < -0.4 is 10.2 Å². The summed E-state index contributed by atoms with van der Waals surface area (Å²) < 4.78 is 1.82. The van der Waals surface area contributed by atoms with E-state index < -0.39 is 0 Å². The quantitative estimate of drug-likeness (QED) is 0.350. The molecule has 0 radical (unpaired) electrons. The normalized spacial score (nSPS) is 14.1. The average Bonchev–Trinajstić information content (AvgIpc) is 3.57. The number of carbonyl (C=O) groups is 1. The second-order valence-electron chi connectivity index (χ2n) is 10.3. The van der Waals surface area contributed by atoms with Gasteiger partial charge >= 0.3 is 6.03 Å². The minimum Gasteiger partial charge on any atom is -0.339 e. The van der Waals surface area contributed by atoms with Crippen LogP contribution in [0.15, 0.2) is 61.2 Å². The van der Waals surface area contributed by atoms with Crippen molar-refractivity contribution in [3.63, 3.8) is 0 Å². The highest BCUT2D eigenvalue weighted by molar-refractivity contribution is 5.99. The highest BCUT2D eigenvalue weighted by Gasteiger charge is 2.19. The lowest BCUT2D eigenvalue weighted by Gasteiger charge is -2.32. The number of pyridine rings is 1. The smallest absolute Gasteiger partial charge is 0.321 e. The molecule has 0 spiro atoms. The number of aryl methyl sites for hydroxylation is 1. The third kappa shape index (κ3) is 4.98. The van der Waals surface area contributed by atoms with Gasteiger partial charge in [-0.2, -0.15) is 5.10 Å². The van der Waals surface area contributed by atoms with E-state index >= 15 is 0 Å². The van der Waals surface area contributed by atoms with Gasteiger partial charge in [0.05, 0.1) is 5.69 Å². The molecule has 0 bridgehead atoms. The van der Waals surface area contributed by atoms with Crippen LogP contribution >= 0.6 is 0 Å². The van der Waals surface area contributed by atoms with Gasteiger partial charge in [-0.15, -0.1) is 0 Å². The summed E-state index contributed by atoms with van der Waals surface area (Å²) in [4.78, 5) is 35.4. The highest BCUT2D eigenvalue weighted by atomic mass is 16.2. The Labute approximate surface area is 232 Å². The zero-order chi connectivity index (χ0) is 27.8. The second-order valence-corrected chi connectivity index (χ2v) is 10.3. The first-order valence-electron chi connectivity index (χ1n) is 13.2. The van der Waals surface area contributed by atoms with Crippen molar-refractivity contribution >= 4 is 28.7 Å². The summed E-state index contributed by atoms with van der Waals surface area (Å²) in [5.41, 5.74) is 7.14. The van der Waals surface area contributed by atoms with Gasteiger partial charge in [0.1, 0.15) is 11.3 Å². The first-order valence-corrected chi connectivity index (χ1v) is 13.2. The molecule has 0 unspecified atom stereocenters. The van der Waals surface area contributed by atoms with Gasteiger partial charge in [-0.05, 0) is 36.9 Å². The molecule has 11 nitrogen and oxygen atoms in total. The van der Waals surface area contributed by atoms with Crippen LogP contribution in [0.4, 0.5) is 16.4 Å². The van der Waals surface area contributed by atoms with Gasteiger partial charge in [0, 0.05) is 99.9 Å². The molecule has 2 amide bonds. The molecule has 1 aliphatic rings. The number of anilines is 2. The Hall–Kier alpha value is -4.77. The molecule has 11 heteroatoms. The van der Waals surface area contributed by atoms with E-state index in [1.807, 2.05) is 66.8 Å². The molecule has 1 aromatic carbocycles. The summed E-state index contributed by atoms with van der Waals surface area (Å²) in [5, 5.41) is 8.63. The van der Waals surface area contributed by atoms with Gasteiger partial charge in [-0.1, -0.05) is 12.1 Å². The lowest BCUT2D eigenvalue weighted by molar-refractivity contribution is 0.230. The molecule has 4 aromatic heterocycles. The van der Waals surface area contributed by atoms with Crippen molar-refractivity contribution in [2.45, 2.75) is 0 Å². The average molecular weight is 537 g/mol. The van der Waals surface area contributed by atoms with Crippen molar-refractivity contribution in [3.8, 4) is 33.6 Å². The molecule has 1 aliphatic heterocycles. The fourth-order valence-corrected chi connectivity index (χ4v) is 4.89. The van der Waals surface area contributed by atoms with Crippen LogP contribution in [-0.4, -0.2) is 92.9 Å². The molecule has 6 rings (SSSR count). The van der Waals surface area contributed by atoms with Crippen molar-refractivity contribution in [3.05, 3.63) is 61.2 Å². The Morgan fingerprint density at radius 1 is 0.925 bits per heavy atom. The number of benzene rings is 1. The van der Waals surface area contributed by atoms with E-state index in [4.69, 9.17) is 5.10 Å². The monoisotopic (exact) mass is 536 g/mol. The van der Waals surface area contributed by atoms with E-state index in [9.17, 15) is 4.79 Å². The molecule has 2 N–H and O–H groups in total. The SMILES string of the molecule is CN1CCN(c2ncc(-c3cc4c(-c5cn(C)nc5-c5ccc(NC(=O)N(C)C)cc5)ccnc4[nH]3)cn2)CC1. The van der Waals surface area contributed by atoms with E-state index in [1.165, 1.54) is 4.90 Å². The molecule has 0 saturated carbocycles. The maximum atomic E-state index is 12.0. The third-order valence-corrected chi connectivity index (χ3v) is 7.20. The van der Waals surface area contributed by atoms with E-state index in [-0.39, 0.29) is 6.03 Å². The summed E-state index contributed by atoms with van der Waals surface area (Å²) in [7, 11) is 7.47. The molecule has 5 aromatic rings. The summed E-state index contributed by atoms with van der Waals surface area (Å²) >= 11 is 0. The van der Waals surface area contributed by atoms with Gasteiger partial charge in [0.25, 0.3) is 0 Å². The molecule has 0 aliphatic carbocycles. The van der Waals surface area contributed by atoms with Crippen molar-refractivity contribution < 1.29 is 4.79 Å². The van der Waals surface area contributed by atoms with Crippen LogP contribution in [0.5, 0.6) is 0 Å². The predicted molar refractivity (Wildman–Crippen MR) is 157 cm³/mol. The molecule has 1 fully saturated rings. The van der Waals surface area contributed by atoms with Crippen LogP contribution in [0.3, 0.4) is 0 Å². The van der Waals surface area contributed by atoms with Crippen LogP contribution in [0.25, 0.3) is 44.7 Å². The number of piperazine rings is 1. The first kappa shape index (κ1) is 25.5. The number of nitrogens with zero attached hydrogens (tertiary/aromatic N) is 8. The van der Waals surface area contributed by atoms with Gasteiger partial charge in [-0.25, -0.2) is 19.7 Å². The van der Waals surface area contributed by atoms with E-state index in [2.05, 4.69) is 48.2 Å². The number of fused-ring (bicyclic) bond motifs is 1. The van der Waals surface area contributed by atoms with Crippen LogP contribution in [-0.2, 0) is 7.05 Å². The summed E-state index contributed by atoms with van der Waals surface area (Å²) in [6.45, 7) is 3.87. The zero-order valence-corrected chi connectivity index (χ0v) is 23.1. The standard InChI is InChI=1S/C29H32N10O/c1-36(2)29(40)33-21-7-5-19(6-8-21)26-24(18-38(4)35-26)22-9-10-30-27-23(22)15-25(34-27)20-16-31-28(32-17-20)39-13-11-37(3)12-14-39/h5-10,15-18H,11-14H2,1-4H3,(H,30,34)(H,33,40). The second kappa shape index (κ2) is 10.4. The number of hydrogen-bond donors (Lipinski definition) is 2. The topological polar surface area (TPSA) is 111 Å². The minimum atomic E-state index is -0.173. The summed E-state index contributed by atoms with van der Waals surface area (Å²) in [5.74, 6) is 0.763. The molecule has 0 atom stereocenters. The van der Waals surface area contributed by atoms with Crippen LogP contribution in [0.1, 0.15) is 0 Å². The van der Waals surface area contributed by atoms with E-state index in [1.54, 1.807) is 14.1 Å². The molecular weight excluding hydrogens is 504 g/mol. The Balaban J connectivity index is 1.30. The lowest BCUT2D eigenvalue weighted by atomic mass is 10.00. The molecule has 5 heterocycles. The lowest BCUT2D eigenvalue weighted by Crippen LogP contribution is -2.45. The number of hydrogen-bond acceptors (Lipinski definition) is 7. The third-order valence-electron chi connectivity index (χ3n) is 7.20. The van der Waals surface area contributed by atoms with Crippen LogP contribution in [0.2, 0.25) is 0 Å². The van der Waals surface area contributed by atoms with Gasteiger partial charge in [0.15, 0.2) is 0 Å². The maximum Gasteiger partial charge on any atom is 0.321 e. The minimum absolute atomic E-state index is 0.173. The number of likely N-dealkylation sites (N-methyl/N-ethyl adjacent to an activating group) is 1. The van der Waals surface area contributed by atoms with Crippen molar-refractivity contribution in [1.29, 1.82) is 0 Å². The molecule has 204 valence electrons. The number of urea groups is 1. The number of H-pyrrole nitrogens is 1. The molecule has 1 saturated heterocycles. The fraction of sp³-hybridized carbons (Fsp3) is 0.276. The number of carbonyl (C=O) groups excluding carboxylic acids is 1. The Kier molecular flexibility index (Phi) is 6.64. The van der Waals surface area contributed by atoms with Crippen molar-refractivity contribution in [1.82, 2.24) is 39.5 Å². The first-order chi connectivity index (χ1) is 19.4. The van der Waals surface area contributed by atoms with Gasteiger partial charge in [-0.3, -0.25) is 4.68 Å². The predicted octanol–water partition coefficient (Wildman–Crippen LogP) is 3.93. The zero-order valence-electron chi connectivity index (χ0n) is 23.1. The number of aromatic amines is 1. The Bertz CT molecular complexity index is 1640. The maximum absolute atomic E-state index is 12.0. The number of aromatic nitrogens is 6. The highest BCUT2D eigenvalue weighted by Crippen LogP contribution is 2.36. The van der Waals surface area contributed by atoms with Crippen molar-refractivity contribution in [2.24, 2.45) is 7.05 Å².